The highest BCUT2D eigenvalue weighted by Crippen LogP contribution is 2.29. The summed E-state index contributed by atoms with van der Waals surface area (Å²) in [6.07, 6.45) is 4.07. The van der Waals surface area contributed by atoms with Gasteiger partial charge in [-0.1, -0.05) is 49.6 Å². The Bertz CT molecular complexity index is 803. The van der Waals surface area contributed by atoms with Crippen molar-refractivity contribution in [3.63, 3.8) is 0 Å². The first-order valence-electron chi connectivity index (χ1n) is 8.27. The monoisotopic (exact) mass is 316 g/mol. The van der Waals surface area contributed by atoms with Crippen LogP contribution in [0.2, 0.25) is 0 Å². The molecule has 0 saturated heterocycles. The molecule has 0 aromatic heterocycles. The first-order valence-corrected chi connectivity index (χ1v) is 8.27. The Morgan fingerprint density at radius 3 is 2.46 bits per heavy atom. The minimum atomic E-state index is 0.733. The van der Waals surface area contributed by atoms with Gasteiger partial charge in [-0.25, -0.2) is 4.99 Å². The fraction of sp³-hybridized carbons (Fsp3) is 0.273. The van der Waals surface area contributed by atoms with Gasteiger partial charge in [0.15, 0.2) is 5.84 Å². The van der Waals surface area contributed by atoms with Crippen molar-refractivity contribution >= 4 is 11.5 Å². The molecule has 0 amide bonds. The van der Waals surface area contributed by atoms with Crippen molar-refractivity contribution in [2.45, 2.75) is 33.6 Å². The predicted molar refractivity (Wildman–Crippen MR) is 105 cm³/mol. The van der Waals surface area contributed by atoms with Gasteiger partial charge < -0.3 is 0 Å². The van der Waals surface area contributed by atoms with Crippen LogP contribution in [0.15, 0.2) is 75.3 Å². The van der Waals surface area contributed by atoms with E-state index in [0.717, 1.165) is 46.7 Å². The zero-order chi connectivity index (χ0) is 17.5. The van der Waals surface area contributed by atoms with Gasteiger partial charge in [-0.15, -0.1) is 0 Å². The standard InChI is InChI=1S/C22H24N2/c1-6-10-17(4)20-15-19(14-13-18-11-8-7-9-12-18)24-22(23-5)21(20)16(2)3/h7-9,11-12,15H,4,6,10H2,1-3,5H3. The number of benzene rings is 1. The Labute approximate surface area is 145 Å². The van der Waals surface area contributed by atoms with Crippen LogP contribution in [0.3, 0.4) is 0 Å². The average molecular weight is 316 g/mol. The Balaban J connectivity index is 2.48. The molecular weight excluding hydrogens is 292 g/mol. The van der Waals surface area contributed by atoms with Crippen molar-refractivity contribution in [3.05, 3.63) is 70.8 Å². The molecule has 24 heavy (non-hydrogen) atoms. The van der Waals surface area contributed by atoms with E-state index in [9.17, 15) is 0 Å². The van der Waals surface area contributed by atoms with Crippen LogP contribution >= 0.6 is 0 Å². The second-order valence-electron chi connectivity index (χ2n) is 5.95. The maximum absolute atomic E-state index is 4.63. The molecule has 1 aromatic carbocycles. The van der Waals surface area contributed by atoms with Gasteiger partial charge in [0.05, 0.1) is 0 Å². The largest absolute Gasteiger partial charge is 0.270 e. The molecular formula is C22H24N2. The molecule has 1 heterocycles. The van der Waals surface area contributed by atoms with Gasteiger partial charge in [0.2, 0.25) is 0 Å². The van der Waals surface area contributed by atoms with Crippen molar-refractivity contribution in [3.8, 4) is 11.8 Å². The quantitative estimate of drug-likeness (QED) is 0.690. The third-order valence-electron chi connectivity index (χ3n) is 3.75. The van der Waals surface area contributed by atoms with Crippen LogP contribution in [-0.4, -0.2) is 18.6 Å². The predicted octanol–water partition coefficient (Wildman–Crippen LogP) is 5.14. The molecule has 0 N–H and O–H groups in total. The molecule has 1 aromatic rings. The van der Waals surface area contributed by atoms with E-state index < -0.39 is 0 Å². The topological polar surface area (TPSA) is 24.7 Å². The highest BCUT2D eigenvalue weighted by atomic mass is 14.9. The van der Waals surface area contributed by atoms with Gasteiger partial charge in [-0.3, -0.25) is 4.99 Å². The molecule has 0 spiro atoms. The molecule has 2 nitrogen and oxygen atoms in total. The molecule has 1 aliphatic rings. The first kappa shape index (κ1) is 17.7. The van der Waals surface area contributed by atoms with Crippen LogP contribution in [0, 0.1) is 11.8 Å². The summed E-state index contributed by atoms with van der Waals surface area (Å²) in [7, 11) is 1.77. The van der Waals surface area contributed by atoms with Crippen LogP contribution in [-0.2, 0) is 0 Å². The van der Waals surface area contributed by atoms with Crippen molar-refractivity contribution in [2.24, 2.45) is 9.98 Å². The van der Waals surface area contributed by atoms with E-state index in [2.05, 4.69) is 49.2 Å². The first-order chi connectivity index (χ1) is 11.6. The Hall–Kier alpha value is -2.66. The minimum absolute atomic E-state index is 0.733. The van der Waals surface area contributed by atoms with Gasteiger partial charge in [0.1, 0.15) is 5.71 Å². The molecule has 0 radical (unpaired) electrons. The molecule has 0 fully saturated rings. The van der Waals surface area contributed by atoms with Gasteiger partial charge in [-0.05, 0) is 55.5 Å². The summed E-state index contributed by atoms with van der Waals surface area (Å²) in [5.41, 5.74) is 6.22. The molecule has 2 heteroatoms. The molecule has 0 bridgehead atoms. The van der Waals surface area contributed by atoms with E-state index in [-0.39, 0.29) is 0 Å². The van der Waals surface area contributed by atoms with Crippen LogP contribution in [0.4, 0.5) is 0 Å². The summed E-state index contributed by atoms with van der Waals surface area (Å²) < 4.78 is 0. The third-order valence-corrected chi connectivity index (χ3v) is 3.75. The van der Waals surface area contributed by atoms with Crippen molar-refractivity contribution in [1.29, 1.82) is 0 Å². The SMILES string of the molecule is C=C(CCC)C1=CC(C#Cc2ccccc2)=NC(=NC)C1=C(C)C. The minimum Gasteiger partial charge on any atom is -0.270 e. The summed E-state index contributed by atoms with van der Waals surface area (Å²) in [5.74, 6) is 7.07. The maximum Gasteiger partial charge on any atom is 0.156 e. The van der Waals surface area contributed by atoms with Gasteiger partial charge >= 0.3 is 0 Å². The van der Waals surface area contributed by atoms with Crippen LogP contribution in [0.25, 0.3) is 0 Å². The zero-order valence-electron chi connectivity index (χ0n) is 15.0. The van der Waals surface area contributed by atoms with Gasteiger partial charge in [-0.2, -0.15) is 0 Å². The van der Waals surface area contributed by atoms with E-state index in [1.165, 1.54) is 5.57 Å². The lowest BCUT2D eigenvalue weighted by Crippen LogP contribution is -2.15. The van der Waals surface area contributed by atoms with Crippen molar-refractivity contribution in [1.82, 2.24) is 0 Å². The second kappa shape index (κ2) is 8.26. The lowest BCUT2D eigenvalue weighted by Gasteiger charge is -2.20. The second-order valence-corrected chi connectivity index (χ2v) is 5.95. The normalized spacial score (nSPS) is 15.3. The van der Waals surface area contributed by atoms with Crippen LogP contribution < -0.4 is 0 Å². The highest BCUT2D eigenvalue weighted by molar-refractivity contribution is 6.23. The smallest absolute Gasteiger partial charge is 0.156 e. The van der Waals surface area contributed by atoms with Crippen LogP contribution in [0.1, 0.15) is 39.2 Å². The lowest BCUT2D eigenvalue weighted by molar-refractivity contribution is 0.918. The third kappa shape index (κ3) is 4.20. The Morgan fingerprint density at radius 2 is 1.88 bits per heavy atom. The van der Waals surface area contributed by atoms with E-state index >= 15 is 0 Å². The number of hydrogen-bond donors (Lipinski definition) is 0. The number of amidine groups is 1. The molecule has 0 unspecified atom stereocenters. The lowest BCUT2D eigenvalue weighted by atomic mass is 9.89. The molecule has 122 valence electrons. The number of aliphatic imine (C=N–C) groups is 2. The average Bonchev–Trinajstić information content (AvgIpc) is 2.59. The summed E-state index contributed by atoms with van der Waals surface area (Å²) in [5, 5.41) is 0. The molecule has 0 aliphatic carbocycles. The van der Waals surface area contributed by atoms with Gasteiger partial charge in [0.25, 0.3) is 0 Å². The molecule has 0 saturated carbocycles. The van der Waals surface area contributed by atoms with E-state index in [1.807, 2.05) is 36.4 Å². The number of hydrogen-bond acceptors (Lipinski definition) is 1. The van der Waals surface area contributed by atoms with Crippen LogP contribution in [0.5, 0.6) is 0 Å². The maximum atomic E-state index is 4.63. The summed E-state index contributed by atoms with van der Waals surface area (Å²) in [4.78, 5) is 9.00. The number of allylic oxidation sites excluding steroid dienone is 3. The number of nitrogens with zero attached hydrogens (tertiary/aromatic N) is 2. The summed E-state index contributed by atoms with van der Waals surface area (Å²) in [6, 6.07) is 9.94. The molecule has 1 aliphatic heterocycles. The zero-order valence-corrected chi connectivity index (χ0v) is 15.0. The highest BCUT2D eigenvalue weighted by Gasteiger charge is 2.20. The number of dihydropyridines is 1. The Kier molecular flexibility index (Phi) is 6.09. The molecule has 0 atom stereocenters. The fourth-order valence-corrected chi connectivity index (χ4v) is 2.62. The van der Waals surface area contributed by atoms with Gasteiger partial charge in [0, 0.05) is 18.2 Å². The fourth-order valence-electron chi connectivity index (χ4n) is 2.62. The summed E-state index contributed by atoms with van der Waals surface area (Å²) >= 11 is 0. The Morgan fingerprint density at radius 1 is 1.17 bits per heavy atom. The van der Waals surface area contributed by atoms with Crippen molar-refractivity contribution in [2.75, 3.05) is 7.05 Å². The van der Waals surface area contributed by atoms with E-state index in [0.29, 0.717) is 0 Å². The molecule has 2 rings (SSSR count). The van der Waals surface area contributed by atoms with E-state index in [1.54, 1.807) is 7.05 Å². The van der Waals surface area contributed by atoms with E-state index in [4.69, 9.17) is 0 Å². The number of rotatable bonds is 3. The van der Waals surface area contributed by atoms with Crippen molar-refractivity contribution < 1.29 is 0 Å². The summed E-state index contributed by atoms with van der Waals surface area (Å²) in [6.45, 7) is 10.6.